The number of hydrogen-bond acceptors (Lipinski definition) is 10. The maximum absolute atomic E-state index is 13.4. The molecule has 2 aromatic rings. The number of carbonyl (C=O) groups excluding carboxylic acids is 3. The fourth-order valence-corrected chi connectivity index (χ4v) is 8.32. The molecule has 0 radical (unpaired) electrons. The number of Topliss-reactive ketones (excluding diaryl/α,β-unsaturated/α-hetero) is 1. The molecule has 14 heteroatoms. The first-order valence-electron chi connectivity index (χ1n) is 14.3. The minimum absolute atomic E-state index is 0.00365. The zero-order valence-electron chi connectivity index (χ0n) is 23.4. The van der Waals surface area contributed by atoms with E-state index in [1.54, 1.807) is 29.2 Å². The number of likely N-dealkylation sites (tertiary alicyclic amines) is 1. The Hall–Kier alpha value is -3.62. The molecule has 6 rings (SSSR count). The Bertz CT molecular complexity index is 1450. The van der Waals surface area contributed by atoms with Crippen LogP contribution in [0, 0.1) is 17.8 Å². The van der Waals surface area contributed by atoms with Crippen LogP contribution in [0.25, 0.3) is 5.69 Å². The van der Waals surface area contributed by atoms with Crippen LogP contribution in [0.4, 0.5) is 0 Å². The van der Waals surface area contributed by atoms with E-state index in [1.807, 2.05) is 13.8 Å². The Morgan fingerprint density at radius 3 is 2.74 bits per heavy atom. The number of carbonyl (C=O) groups is 4. The van der Waals surface area contributed by atoms with Crippen molar-refractivity contribution >= 4 is 35.3 Å². The molecule has 0 spiro atoms. The summed E-state index contributed by atoms with van der Waals surface area (Å²) in [7, 11) is 0. The van der Waals surface area contributed by atoms with Crippen molar-refractivity contribution in [1.82, 2.24) is 35.3 Å². The highest BCUT2D eigenvalue weighted by Crippen LogP contribution is 2.53. The SMILES string of the molecule is C[C@@H](CC(=O)c1ccccc1-n1cnnn1)[C@H]1C(=O)N2C(C(=O)O)=C(S[C@@H]3CNC(C(=O)N4CC[C@@H](N)C4)C3)[C@H](C)[C@H]12. The number of tetrazole rings is 1. The summed E-state index contributed by atoms with van der Waals surface area (Å²) in [5.41, 5.74) is 7.01. The normalized spacial score (nSPS) is 29.5. The molecule has 3 saturated heterocycles. The van der Waals surface area contributed by atoms with Gasteiger partial charge in [-0.1, -0.05) is 26.0 Å². The van der Waals surface area contributed by atoms with Gasteiger partial charge in [0.05, 0.1) is 23.7 Å². The molecule has 4 aliphatic heterocycles. The lowest BCUT2D eigenvalue weighted by atomic mass is 9.73. The van der Waals surface area contributed by atoms with Crippen LogP contribution in [0.3, 0.4) is 0 Å². The number of benzene rings is 1. The van der Waals surface area contributed by atoms with E-state index in [2.05, 4.69) is 20.8 Å². The molecule has 5 heterocycles. The van der Waals surface area contributed by atoms with Gasteiger partial charge < -0.3 is 26.0 Å². The highest BCUT2D eigenvalue weighted by atomic mass is 32.2. The van der Waals surface area contributed by atoms with E-state index in [1.165, 1.54) is 27.7 Å². The van der Waals surface area contributed by atoms with Gasteiger partial charge in [-0.25, -0.2) is 4.79 Å². The molecule has 0 aliphatic carbocycles. The number of para-hydroxylation sites is 1. The summed E-state index contributed by atoms with van der Waals surface area (Å²) in [4.78, 5) is 56.1. The van der Waals surface area contributed by atoms with Crippen molar-refractivity contribution in [3.63, 3.8) is 0 Å². The molecule has 1 aromatic heterocycles. The second kappa shape index (κ2) is 11.2. The molecule has 7 atom stereocenters. The van der Waals surface area contributed by atoms with Crippen molar-refractivity contribution in [3.05, 3.63) is 46.8 Å². The fraction of sp³-hybridized carbons (Fsp3) is 0.536. The van der Waals surface area contributed by atoms with Crippen LogP contribution in [0.15, 0.2) is 41.2 Å². The Kier molecular flexibility index (Phi) is 7.62. The van der Waals surface area contributed by atoms with Gasteiger partial charge in [-0.3, -0.25) is 14.4 Å². The molecule has 42 heavy (non-hydrogen) atoms. The molecule has 1 aromatic carbocycles. The van der Waals surface area contributed by atoms with E-state index in [-0.39, 0.29) is 64.9 Å². The summed E-state index contributed by atoms with van der Waals surface area (Å²) < 4.78 is 1.43. The Morgan fingerprint density at radius 1 is 1.26 bits per heavy atom. The number of aromatic nitrogens is 4. The number of carboxylic acids is 1. The summed E-state index contributed by atoms with van der Waals surface area (Å²) in [6, 6.07) is 6.38. The highest BCUT2D eigenvalue weighted by Gasteiger charge is 2.60. The Morgan fingerprint density at radius 2 is 2.05 bits per heavy atom. The van der Waals surface area contributed by atoms with Gasteiger partial charge in [-0.2, -0.15) is 4.68 Å². The van der Waals surface area contributed by atoms with Gasteiger partial charge >= 0.3 is 5.97 Å². The average Bonchev–Trinajstić information content (AvgIpc) is 3.77. The molecule has 222 valence electrons. The maximum atomic E-state index is 13.4. The van der Waals surface area contributed by atoms with Crippen molar-refractivity contribution in [2.45, 2.75) is 56.5 Å². The predicted octanol–water partition coefficient (Wildman–Crippen LogP) is 0.667. The topological polar surface area (TPSA) is 177 Å². The number of β-lactam (4-membered cyclic amide) rings is 1. The third-order valence-corrected chi connectivity index (χ3v) is 10.4. The van der Waals surface area contributed by atoms with Crippen molar-refractivity contribution in [1.29, 1.82) is 0 Å². The monoisotopic (exact) mass is 594 g/mol. The Labute approximate surface area is 246 Å². The maximum Gasteiger partial charge on any atom is 0.353 e. The highest BCUT2D eigenvalue weighted by molar-refractivity contribution is 8.03. The van der Waals surface area contributed by atoms with Crippen LogP contribution in [-0.2, 0) is 14.4 Å². The summed E-state index contributed by atoms with van der Waals surface area (Å²) in [6.07, 6.45) is 2.91. The third-order valence-electron chi connectivity index (χ3n) is 8.93. The largest absolute Gasteiger partial charge is 0.477 e. The number of hydrogen-bond donors (Lipinski definition) is 3. The van der Waals surface area contributed by atoms with E-state index >= 15 is 0 Å². The lowest BCUT2D eigenvalue weighted by Gasteiger charge is -2.47. The minimum atomic E-state index is -1.14. The summed E-state index contributed by atoms with van der Waals surface area (Å²) in [5, 5.41) is 24.6. The first kappa shape index (κ1) is 28.5. The number of aliphatic carboxylic acids is 1. The Balaban J connectivity index is 1.14. The number of rotatable bonds is 9. The number of nitrogens with zero attached hydrogens (tertiary/aromatic N) is 6. The van der Waals surface area contributed by atoms with Gasteiger partial charge in [0.15, 0.2) is 5.78 Å². The van der Waals surface area contributed by atoms with E-state index in [0.29, 0.717) is 42.2 Å². The first-order valence-corrected chi connectivity index (χ1v) is 15.1. The van der Waals surface area contributed by atoms with Crippen molar-refractivity contribution in [2.24, 2.45) is 23.5 Å². The smallest absolute Gasteiger partial charge is 0.353 e. The number of nitrogens with two attached hydrogens (primary N) is 1. The second-order valence-corrected chi connectivity index (χ2v) is 13.0. The van der Waals surface area contributed by atoms with Crippen LogP contribution in [0.2, 0.25) is 0 Å². The molecule has 13 nitrogen and oxygen atoms in total. The van der Waals surface area contributed by atoms with Crippen molar-refractivity contribution in [3.8, 4) is 5.69 Å². The standard InChI is InChI=1S/C28H34N8O5S/c1-14(9-21(37)18-5-3-4-6-20(18)35-13-31-32-33-35)22-23-15(2)25(24(28(40)41)36(23)27(22)39)42-17-10-19(30-11-17)26(38)34-8-7-16(29)12-34/h3-6,13-17,19,22-23,30H,7-12,29H2,1-2H3,(H,40,41)/t14-,15+,16+,17-,19?,22+,23+/m0/s1. The number of nitrogens with one attached hydrogen (secondary N) is 1. The number of carboxylic acid groups (broad SMARTS) is 1. The zero-order chi connectivity index (χ0) is 29.7. The van der Waals surface area contributed by atoms with Gasteiger partial charge in [0.25, 0.3) is 0 Å². The van der Waals surface area contributed by atoms with Gasteiger partial charge in [0.1, 0.15) is 12.0 Å². The van der Waals surface area contributed by atoms with Gasteiger partial charge in [0, 0.05) is 53.7 Å². The molecule has 4 aliphatic rings. The molecular formula is C28H34N8O5S. The van der Waals surface area contributed by atoms with Crippen LogP contribution >= 0.6 is 11.8 Å². The zero-order valence-corrected chi connectivity index (χ0v) is 24.2. The van der Waals surface area contributed by atoms with Crippen LogP contribution in [0.1, 0.15) is 43.5 Å². The molecule has 2 amide bonds. The van der Waals surface area contributed by atoms with Crippen molar-refractivity contribution < 1.29 is 24.3 Å². The van der Waals surface area contributed by atoms with Gasteiger partial charge in [-0.05, 0) is 41.3 Å². The number of amides is 2. The van der Waals surface area contributed by atoms with E-state index in [0.717, 1.165) is 6.42 Å². The van der Waals surface area contributed by atoms with Gasteiger partial charge in [-0.15, -0.1) is 16.9 Å². The van der Waals surface area contributed by atoms with Crippen LogP contribution in [0.5, 0.6) is 0 Å². The van der Waals surface area contributed by atoms with Gasteiger partial charge in [0.2, 0.25) is 11.8 Å². The molecular weight excluding hydrogens is 560 g/mol. The third kappa shape index (κ3) is 4.90. The molecule has 4 N–H and O–H groups in total. The van der Waals surface area contributed by atoms with E-state index in [9.17, 15) is 24.3 Å². The average molecular weight is 595 g/mol. The van der Waals surface area contributed by atoms with Crippen molar-refractivity contribution in [2.75, 3.05) is 19.6 Å². The fourth-order valence-electron chi connectivity index (χ4n) is 6.85. The minimum Gasteiger partial charge on any atom is -0.477 e. The van der Waals surface area contributed by atoms with Crippen LogP contribution in [-0.4, -0.2) is 102 Å². The summed E-state index contributed by atoms with van der Waals surface area (Å²) >= 11 is 1.46. The molecule has 3 fully saturated rings. The lowest BCUT2D eigenvalue weighted by Crippen LogP contribution is -2.62. The number of fused-ring (bicyclic) bond motifs is 1. The van der Waals surface area contributed by atoms with Crippen LogP contribution < -0.4 is 11.1 Å². The first-order chi connectivity index (χ1) is 20.2. The number of thioether (sulfide) groups is 1. The molecule has 1 unspecified atom stereocenters. The molecule has 0 bridgehead atoms. The van der Waals surface area contributed by atoms with E-state index in [4.69, 9.17) is 5.73 Å². The summed E-state index contributed by atoms with van der Waals surface area (Å²) in [6.45, 7) is 5.61. The lowest BCUT2D eigenvalue weighted by molar-refractivity contribution is -0.159. The quantitative estimate of drug-likeness (QED) is 0.275. The second-order valence-electron chi connectivity index (χ2n) is 11.7. The van der Waals surface area contributed by atoms with E-state index < -0.39 is 11.9 Å². The summed E-state index contributed by atoms with van der Waals surface area (Å²) in [5.74, 6) is -2.50. The predicted molar refractivity (Wildman–Crippen MR) is 152 cm³/mol. The molecule has 0 saturated carbocycles. The number of ketones is 1.